The maximum atomic E-state index is 10.3. The molecule has 0 aromatic carbocycles. The number of thioether (sulfide) groups is 1. The van der Waals surface area contributed by atoms with Crippen LogP contribution in [0.4, 0.5) is 0 Å². The van der Waals surface area contributed by atoms with Gasteiger partial charge in [0.05, 0.1) is 22.3 Å². The highest BCUT2D eigenvalue weighted by molar-refractivity contribution is 14.1. The molecule has 0 rings (SSSR count). The molecule has 2 atom stereocenters. The van der Waals surface area contributed by atoms with Gasteiger partial charge in [-0.25, -0.2) is 0 Å². The van der Waals surface area contributed by atoms with Crippen LogP contribution in [0.5, 0.6) is 0 Å². The largest absolute Gasteiger partial charge is 0.778 e. The van der Waals surface area contributed by atoms with Crippen LogP contribution in [0.1, 0.15) is 0 Å². The summed E-state index contributed by atoms with van der Waals surface area (Å²) in [6.45, 7) is 0. The van der Waals surface area contributed by atoms with E-state index in [1.165, 1.54) is 11.8 Å². The maximum Gasteiger partial charge on any atom is 0.227 e. The molecule has 13 heteroatoms. The van der Waals surface area contributed by atoms with Crippen molar-refractivity contribution in [1.82, 2.24) is 10.6 Å². The van der Waals surface area contributed by atoms with Crippen molar-refractivity contribution in [1.29, 1.82) is 0 Å². The molecule has 6 N–H and O–H groups in total. The van der Waals surface area contributed by atoms with Gasteiger partial charge in [-0.1, -0.05) is 22.6 Å². The molecule has 0 aliphatic rings. The number of alkyl halides is 1. The molecule has 0 saturated heterocycles. The predicted octanol–water partition coefficient (Wildman–Crippen LogP) is -1.27. The first-order valence-corrected chi connectivity index (χ1v) is 11.2. The summed E-state index contributed by atoms with van der Waals surface area (Å²) in [4.78, 5) is 40.1. The molecule has 0 saturated carbocycles. The number of carbonyl (C=O) groups excluding carboxylic acids is 4. The van der Waals surface area contributed by atoms with Gasteiger partial charge in [0.2, 0.25) is 11.8 Å². The van der Waals surface area contributed by atoms with Crippen molar-refractivity contribution in [2.24, 2.45) is 11.5 Å². The zero-order valence-corrected chi connectivity index (χ0v) is 19.0. The minimum atomic E-state index is -0.352. The Kier molecular flexibility index (Phi) is 29.3. The number of rotatable bonds is 12. The molecule has 0 bridgehead atoms. The van der Waals surface area contributed by atoms with E-state index in [1.54, 1.807) is 0 Å². The molecule has 0 unspecified atom stereocenters. The first-order chi connectivity index (χ1) is 11.8. The SMILES string of the molecule is NC(=O)CI.NC(=O)CSCN[C@H](C=O)CS.O=C[C@H](CS)NC[S-]. The molecule has 148 valence electrons. The Bertz CT molecular complexity index is 370. The first-order valence-electron chi connectivity index (χ1n) is 6.70. The van der Waals surface area contributed by atoms with E-state index in [-0.39, 0.29) is 29.7 Å². The van der Waals surface area contributed by atoms with Gasteiger partial charge in [0.15, 0.2) is 0 Å². The summed E-state index contributed by atoms with van der Waals surface area (Å²) in [5, 5.41) is 5.64. The van der Waals surface area contributed by atoms with E-state index < -0.39 is 0 Å². The van der Waals surface area contributed by atoms with Crippen LogP contribution in [0.15, 0.2) is 0 Å². The first kappa shape index (κ1) is 30.1. The maximum absolute atomic E-state index is 10.3. The monoisotopic (exact) mass is 543 g/mol. The van der Waals surface area contributed by atoms with Gasteiger partial charge in [0, 0.05) is 17.4 Å². The van der Waals surface area contributed by atoms with Gasteiger partial charge in [-0.2, -0.15) is 25.3 Å². The van der Waals surface area contributed by atoms with Gasteiger partial charge < -0.3 is 39.0 Å². The number of nitrogens with two attached hydrogens (primary N) is 2. The second kappa shape index (κ2) is 24.3. The van der Waals surface area contributed by atoms with Crippen molar-refractivity contribution in [2.45, 2.75) is 12.1 Å². The highest BCUT2D eigenvalue weighted by Gasteiger charge is 2.02. The Balaban J connectivity index is -0.000000321. The average molecular weight is 544 g/mol. The van der Waals surface area contributed by atoms with Crippen LogP contribution in [0.3, 0.4) is 0 Å². The van der Waals surface area contributed by atoms with Gasteiger partial charge in [-0.15, -0.1) is 17.6 Å². The highest BCUT2D eigenvalue weighted by Crippen LogP contribution is 1.96. The smallest absolute Gasteiger partial charge is 0.227 e. The summed E-state index contributed by atoms with van der Waals surface area (Å²) < 4.78 is 0.414. The number of hydrogen-bond donors (Lipinski definition) is 6. The van der Waals surface area contributed by atoms with E-state index in [0.29, 0.717) is 27.7 Å². The third kappa shape index (κ3) is 29.4. The summed E-state index contributed by atoms with van der Waals surface area (Å²) in [5.74, 6) is 1.57. The lowest BCUT2D eigenvalue weighted by molar-refractivity contribution is -0.116. The van der Waals surface area contributed by atoms with Crippen molar-refractivity contribution >= 4 is 96.6 Å². The van der Waals surface area contributed by atoms with E-state index in [1.807, 2.05) is 22.6 Å². The Hall–Kier alpha value is 0.330. The summed E-state index contributed by atoms with van der Waals surface area (Å²) in [5.41, 5.74) is 9.55. The molecule has 0 heterocycles. The Labute approximate surface area is 182 Å². The standard InChI is InChI=1S/C6H12N2O2S2.C4H9NOS2.C2H4INO/c7-6(10)3-12-4-8-5(1-9)2-11;6-1-4(2-7)5-3-8;3-1-2(4)5/h1,5,8,11H,2-4H2,(H2,7,10);1,4-5,7-8H,2-3H2;1H2,(H2,4,5)/p-1/t5-;4-;/m11./s1. The van der Waals surface area contributed by atoms with Crippen molar-refractivity contribution in [3.8, 4) is 0 Å². The van der Waals surface area contributed by atoms with Crippen molar-refractivity contribution < 1.29 is 19.2 Å². The van der Waals surface area contributed by atoms with Crippen LogP contribution < -0.4 is 22.1 Å². The number of thiol groups is 2. The fraction of sp³-hybridized carbons (Fsp3) is 0.667. The molecule has 2 amide bonds. The Morgan fingerprint density at radius 2 is 1.52 bits per heavy atom. The second-order valence-electron chi connectivity index (χ2n) is 3.96. The molecule has 0 aromatic heterocycles. The summed E-state index contributed by atoms with van der Waals surface area (Å²) in [6.07, 6.45) is 1.59. The lowest BCUT2D eigenvalue weighted by atomic mass is 10.4. The molecular formula is C12H24IN4O4S4-. The van der Waals surface area contributed by atoms with E-state index in [4.69, 9.17) is 5.73 Å². The van der Waals surface area contributed by atoms with Crippen molar-refractivity contribution in [3.63, 3.8) is 0 Å². The summed E-state index contributed by atoms with van der Waals surface area (Å²) >= 11 is 15.6. The number of aldehydes is 2. The van der Waals surface area contributed by atoms with E-state index >= 15 is 0 Å². The van der Waals surface area contributed by atoms with E-state index in [0.717, 1.165) is 12.6 Å². The molecule has 0 aromatic rings. The van der Waals surface area contributed by atoms with E-state index in [2.05, 4.69) is 54.3 Å². The average Bonchev–Trinajstić information content (AvgIpc) is 2.60. The molecule has 0 aliphatic carbocycles. The number of nitrogens with one attached hydrogen (secondary N) is 2. The molecule has 0 aliphatic heterocycles. The number of hydrogen-bond acceptors (Lipinski definition) is 10. The molecule has 0 spiro atoms. The van der Waals surface area contributed by atoms with Gasteiger partial charge in [-0.05, 0) is 0 Å². The van der Waals surface area contributed by atoms with Crippen LogP contribution >= 0.6 is 59.6 Å². The number of halogens is 1. The van der Waals surface area contributed by atoms with Gasteiger partial charge in [0.25, 0.3) is 0 Å². The fourth-order valence-electron chi connectivity index (χ4n) is 0.736. The second-order valence-corrected chi connectivity index (χ2v) is 6.73. The zero-order valence-electron chi connectivity index (χ0n) is 13.4. The molecule has 25 heavy (non-hydrogen) atoms. The van der Waals surface area contributed by atoms with Crippen LogP contribution in [0.25, 0.3) is 0 Å². The van der Waals surface area contributed by atoms with Gasteiger partial charge >= 0.3 is 0 Å². The minimum Gasteiger partial charge on any atom is -0.778 e. The normalized spacial score (nSPS) is 11.7. The van der Waals surface area contributed by atoms with Crippen LogP contribution in [0, 0.1) is 0 Å². The number of amides is 2. The topological polar surface area (TPSA) is 144 Å². The van der Waals surface area contributed by atoms with E-state index in [9.17, 15) is 19.2 Å². The summed E-state index contributed by atoms with van der Waals surface area (Å²) in [7, 11) is 0. The Morgan fingerprint density at radius 3 is 1.76 bits per heavy atom. The van der Waals surface area contributed by atoms with Crippen LogP contribution in [-0.2, 0) is 31.8 Å². The van der Waals surface area contributed by atoms with Crippen LogP contribution in [0.2, 0.25) is 0 Å². The Morgan fingerprint density at radius 1 is 1.08 bits per heavy atom. The zero-order chi connectivity index (χ0) is 20.1. The molecule has 0 radical (unpaired) electrons. The molecule has 0 fully saturated rings. The predicted molar refractivity (Wildman–Crippen MR) is 121 cm³/mol. The minimum absolute atomic E-state index is 0.171. The van der Waals surface area contributed by atoms with Gasteiger partial charge in [0.1, 0.15) is 12.6 Å². The van der Waals surface area contributed by atoms with Crippen LogP contribution in [-0.4, -0.2) is 69.9 Å². The lowest BCUT2D eigenvalue weighted by Gasteiger charge is -2.10. The number of carbonyl (C=O) groups is 4. The summed E-state index contributed by atoms with van der Waals surface area (Å²) in [6, 6.07) is -0.412. The lowest BCUT2D eigenvalue weighted by Crippen LogP contribution is -2.32. The molecule has 8 nitrogen and oxygen atoms in total. The van der Waals surface area contributed by atoms with Gasteiger partial charge in [-0.3, -0.25) is 14.9 Å². The third-order valence-corrected chi connectivity index (χ3v) is 4.46. The van der Waals surface area contributed by atoms with Crippen molar-refractivity contribution in [2.75, 3.05) is 33.4 Å². The molecular weight excluding hydrogens is 519 g/mol. The third-order valence-electron chi connectivity index (χ3n) is 1.89. The quantitative estimate of drug-likeness (QED) is 0.0340. The number of primary amides is 2. The highest BCUT2D eigenvalue weighted by atomic mass is 127. The van der Waals surface area contributed by atoms with Crippen molar-refractivity contribution in [3.05, 3.63) is 0 Å². The fourth-order valence-corrected chi connectivity index (χ4v) is 2.02.